The van der Waals surface area contributed by atoms with Gasteiger partial charge in [-0.3, -0.25) is 0 Å². The van der Waals surface area contributed by atoms with Crippen LogP contribution in [0.25, 0.3) is 0 Å². The summed E-state index contributed by atoms with van der Waals surface area (Å²) in [5, 5.41) is 12.2. The summed E-state index contributed by atoms with van der Waals surface area (Å²) in [6, 6.07) is 7.43. The number of anilines is 1. The van der Waals surface area contributed by atoms with Crippen molar-refractivity contribution in [1.29, 1.82) is 0 Å². The van der Waals surface area contributed by atoms with E-state index in [-0.39, 0.29) is 0 Å². The third-order valence-electron chi connectivity index (χ3n) is 2.75. The monoisotopic (exact) mass is 237 g/mol. The average molecular weight is 237 g/mol. The molecule has 0 heterocycles. The molecule has 2 rings (SSSR count). The molecule has 0 aliphatic heterocycles. The normalized spacial score (nSPS) is 16.8. The van der Waals surface area contributed by atoms with E-state index in [2.05, 4.69) is 5.32 Å². The van der Waals surface area contributed by atoms with Gasteiger partial charge in [0.2, 0.25) is 0 Å². The highest BCUT2D eigenvalue weighted by Gasteiger charge is 2.36. The van der Waals surface area contributed by atoms with Gasteiger partial charge in [0, 0.05) is 10.6 Å². The van der Waals surface area contributed by atoms with E-state index in [1.54, 1.807) is 11.8 Å². The Labute approximate surface area is 99.2 Å². The van der Waals surface area contributed by atoms with Crippen molar-refractivity contribution in [3.63, 3.8) is 0 Å². The van der Waals surface area contributed by atoms with Gasteiger partial charge < -0.3 is 10.4 Å². The molecular formula is C12H15NO2S. The maximum Gasteiger partial charge on any atom is 0.326 e. The molecule has 0 saturated heterocycles. The molecule has 86 valence electrons. The summed E-state index contributed by atoms with van der Waals surface area (Å²) >= 11 is 1.66. The van der Waals surface area contributed by atoms with Gasteiger partial charge in [0.1, 0.15) is 6.04 Å². The SMILES string of the molecule is CSc1cccc(NC(C(=O)O)C2CC2)c1. The summed E-state index contributed by atoms with van der Waals surface area (Å²) < 4.78 is 0. The molecule has 4 heteroatoms. The highest BCUT2D eigenvalue weighted by atomic mass is 32.2. The smallest absolute Gasteiger partial charge is 0.326 e. The fourth-order valence-corrected chi connectivity index (χ4v) is 2.16. The van der Waals surface area contributed by atoms with Crippen LogP contribution in [0.3, 0.4) is 0 Å². The highest BCUT2D eigenvalue weighted by molar-refractivity contribution is 7.98. The number of rotatable bonds is 5. The standard InChI is InChI=1S/C12H15NO2S/c1-16-10-4-2-3-9(7-10)13-11(12(14)15)8-5-6-8/h2-4,7-8,11,13H,5-6H2,1H3,(H,14,15). The summed E-state index contributed by atoms with van der Waals surface area (Å²) in [6.07, 6.45) is 4.05. The van der Waals surface area contributed by atoms with Gasteiger partial charge in [0.05, 0.1) is 0 Å². The summed E-state index contributed by atoms with van der Waals surface area (Å²) in [5.41, 5.74) is 0.895. The molecule has 3 nitrogen and oxygen atoms in total. The lowest BCUT2D eigenvalue weighted by Gasteiger charge is -2.15. The molecule has 0 bridgehead atoms. The minimum absolute atomic E-state index is 0.301. The fourth-order valence-electron chi connectivity index (χ4n) is 1.70. The van der Waals surface area contributed by atoms with Crippen LogP contribution in [0.4, 0.5) is 5.69 Å². The lowest BCUT2D eigenvalue weighted by molar-refractivity contribution is -0.138. The predicted molar refractivity (Wildman–Crippen MR) is 66.0 cm³/mol. The number of carbonyl (C=O) groups is 1. The van der Waals surface area contributed by atoms with Crippen LogP contribution in [-0.4, -0.2) is 23.4 Å². The Balaban J connectivity index is 2.08. The van der Waals surface area contributed by atoms with Gasteiger partial charge in [-0.25, -0.2) is 4.79 Å². The van der Waals surface area contributed by atoms with Crippen molar-refractivity contribution in [2.75, 3.05) is 11.6 Å². The Hall–Kier alpha value is -1.16. The molecule has 1 atom stereocenters. The van der Waals surface area contributed by atoms with Crippen molar-refractivity contribution < 1.29 is 9.90 Å². The zero-order chi connectivity index (χ0) is 11.5. The maximum absolute atomic E-state index is 11.1. The Morgan fingerprint density at radius 2 is 2.31 bits per heavy atom. The zero-order valence-corrected chi connectivity index (χ0v) is 9.96. The first-order chi connectivity index (χ1) is 7.70. The van der Waals surface area contributed by atoms with Crippen LogP contribution in [0.5, 0.6) is 0 Å². The van der Waals surface area contributed by atoms with E-state index in [1.165, 1.54) is 0 Å². The van der Waals surface area contributed by atoms with E-state index < -0.39 is 12.0 Å². The number of nitrogens with one attached hydrogen (secondary N) is 1. The fraction of sp³-hybridized carbons (Fsp3) is 0.417. The third kappa shape index (κ3) is 2.70. The van der Waals surface area contributed by atoms with Crippen LogP contribution in [0.1, 0.15) is 12.8 Å². The number of carboxylic acid groups (broad SMARTS) is 1. The minimum atomic E-state index is -0.753. The molecule has 1 aromatic rings. The molecule has 16 heavy (non-hydrogen) atoms. The van der Waals surface area contributed by atoms with Crippen LogP contribution in [0.15, 0.2) is 29.2 Å². The van der Waals surface area contributed by atoms with Crippen molar-refractivity contribution in [3.05, 3.63) is 24.3 Å². The van der Waals surface area contributed by atoms with Gasteiger partial charge >= 0.3 is 5.97 Å². The number of thioether (sulfide) groups is 1. The van der Waals surface area contributed by atoms with Gasteiger partial charge in [0.15, 0.2) is 0 Å². The molecule has 2 N–H and O–H groups in total. The minimum Gasteiger partial charge on any atom is -0.480 e. The lowest BCUT2D eigenvalue weighted by Crippen LogP contribution is -2.31. The second-order valence-electron chi connectivity index (χ2n) is 4.03. The van der Waals surface area contributed by atoms with E-state index in [1.807, 2.05) is 30.5 Å². The van der Waals surface area contributed by atoms with Crippen molar-refractivity contribution in [3.8, 4) is 0 Å². The predicted octanol–water partition coefficient (Wildman–Crippen LogP) is 2.68. The molecule has 0 radical (unpaired) electrons. The van der Waals surface area contributed by atoms with Gasteiger partial charge in [-0.05, 0) is 43.2 Å². The largest absolute Gasteiger partial charge is 0.480 e. The van der Waals surface area contributed by atoms with Crippen LogP contribution in [-0.2, 0) is 4.79 Å². The van der Waals surface area contributed by atoms with Crippen LogP contribution >= 0.6 is 11.8 Å². The van der Waals surface area contributed by atoms with Crippen molar-refractivity contribution in [1.82, 2.24) is 0 Å². The second-order valence-corrected chi connectivity index (χ2v) is 4.91. The van der Waals surface area contributed by atoms with Gasteiger partial charge in [-0.1, -0.05) is 6.07 Å². The molecule has 1 unspecified atom stereocenters. The van der Waals surface area contributed by atoms with Crippen molar-refractivity contribution >= 4 is 23.4 Å². The first kappa shape index (κ1) is 11.3. The second kappa shape index (κ2) is 4.78. The number of aliphatic carboxylic acids is 1. The number of hydrogen-bond acceptors (Lipinski definition) is 3. The molecule has 1 saturated carbocycles. The van der Waals surface area contributed by atoms with E-state index in [4.69, 9.17) is 5.11 Å². The zero-order valence-electron chi connectivity index (χ0n) is 9.14. The summed E-state index contributed by atoms with van der Waals surface area (Å²) in [5.74, 6) is -0.451. The van der Waals surface area contributed by atoms with Gasteiger partial charge in [-0.15, -0.1) is 11.8 Å². The molecule has 1 aromatic carbocycles. The Kier molecular flexibility index (Phi) is 3.39. The quantitative estimate of drug-likeness (QED) is 0.773. The first-order valence-electron chi connectivity index (χ1n) is 5.34. The summed E-state index contributed by atoms with van der Waals surface area (Å²) in [6.45, 7) is 0. The topological polar surface area (TPSA) is 49.3 Å². The number of hydrogen-bond donors (Lipinski definition) is 2. The van der Waals surface area contributed by atoms with E-state index in [0.717, 1.165) is 23.4 Å². The third-order valence-corrected chi connectivity index (χ3v) is 3.48. The van der Waals surface area contributed by atoms with Crippen molar-refractivity contribution in [2.45, 2.75) is 23.8 Å². The number of benzene rings is 1. The average Bonchev–Trinajstić information content (AvgIpc) is 3.10. The van der Waals surface area contributed by atoms with Crippen LogP contribution in [0.2, 0.25) is 0 Å². The molecule has 1 aliphatic rings. The summed E-state index contributed by atoms with van der Waals surface area (Å²) in [4.78, 5) is 12.2. The number of carboxylic acids is 1. The molecule has 0 amide bonds. The van der Waals surface area contributed by atoms with Crippen LogP contribution < -0.4 is 5.32 Å². The molecule has 1 aliphatic carbocycles. The lowest BCUT2D eigenvalue weighted by atomic mass is 10.1. The van der Waals surface area contributed by atoms with E-state index in [9.17, 15) is 4.79 Å². The summed E-state index contributed by atoms with van der Waals surface area (Å²) in [7, 11) is 0. The van der Waals surface area contributed by atoms with E-state index >= 15 is 0 Å². The molecule has 0 spiro atoms. The van der Waals surface area contributed by atoms with Crippen LogP contribution in [0, 0.1) is 5.92 Å². The highest BCUT2D eigenvalue weighted by Crippen LogP contribution is 2.34. The van der Waals surface area contributed by atoms with E-state index in [0.29, 0.717) is 5.92 Å². The molecular weight excluding hydrogens is 222 g/mol. The first-order valence-corrected chi connectivity index (χ1v) is 6.56. The molecule has 1 fully saturated rings. The Morgan fingerprint density at radius 1 is 1.56 bits per heavy atom. The maximum atomic E-state index is 11.1. The van der Waals surface area contributed by atoms with Gasteiger partial charge in [-0.2, -0.15) is 0 Å². The molecule has 0 aromatic heterocycles. The van der Waals surface area contributed by atoms with Gasteiger partial charge in [0.25, 0.3) is 0 Å². The Bertz CT molecular complexity index is 390. The van der Waals surface area contributed by atoms with Crippen molar-refractivity contribution in [2.24, 2.45) is 5.92 Å². The Morgan fingerprint density at radius 3 is 2.88 bits per heavy atom.